The zero-order chi connectivity index (χ0) is 13.5. The highest BCUT2D eigenvalue weighted by molar-refractivity contribution is 5.75. The number of hydrogen-bond donors (Lipinski definition) is 3. The third-order valence-corrected chi connectivity index (χ3v) is 2.53. The fourth-order valence-electron chi connectivity index (χ4n) is 1.61. The van der Waals surface area contributed by atoms with E-state index >= 15 is 0 Å². The molecular formula is C11H18N4O3. The molecular weight excluding hydrogens is 236 g/mol. The number of nitrogens with two attached hydrogens (primary N) is 1. The number of para-hydroxylation sites is 1. The maximum atomic E-state index is 11.0. The first-order chi connectivity index (χ1) is 8.60. The summed E-state index contributed by atoms with van der Waals surface area (Å²) in [6.45, 7) is 2.53. The molecule has 0 heterocycles. The standard InChI is InChI=1S/C11H18N4O3/c1-8(6-7-18-2)13-9-4-3-5-10(14-12)11(9)15(16)17/h3-5,8,13-14H,6-7,12H2,1-2H3. The van der Waals surface area contributed by atoms with Gasteiger partial charge in [-0.15, -0.1) is 0 Å². The van der Waals surface area contributed by atoms with E-state index in [1.165, 1.54) is 0 Å². The lowest BCUT2D eigenvalue weighted by Gasteiger charge is -2.15. The Bertz CT molecular complexity index is 411. The molecule has 0 amide bonds. The van der Waals surface area contributed by atoms with E-state index in [1.807, 2.05) is 6.92 Å². The number of hydrogen-bond acceptors (Lipinski definition) is 6. The van der Waals surface area contributed by atoms with Gasteiger partial charge in [0.1, 0.15) is 11.4 Å². The predicted molar refractivity (Wildman–Crippen MR) is 70.5 cm³/mol. The number of rotatable bonds is 7. The minimum Gasteiger partial charge on any atom is -0.385 e. The van der Waals surface area contributed by atoms with Crippen LogP contribution < -0.4 is 16.6 Å². The highest BCUT2D eigenvalue weighted by Crippen LogP contribution is 2.32. The van der Waals surface area contributed by atoms with Crippen molar-refractivity contribution in [2.75, 3.05) is 24.5 Å². The van der Waals surface area contributed by atoms with Crippen molar-refractivity contribution in [3.8, 4) is 0 Å². The number of nitro benzene ring substituents is 1. The first-order valence-electron chi connectivity index (χ1n) is 5.59. The molecule has 7 heteroatoms. The molecule has 4 N–H and O–H groups in total. The van der Waals surface area contributed by atoms with Crippen LogP contribution in [0.3, 0.4) is 0 Å². The van der Waals surface area contributed by atoms with Gasteiger partial charge in [0.25, 0.3) is 0 Å². The van der Waals surface area contributed by atoms with E-state index in [1.54, 1.807) is 25.3 Å². The molecule has 0 saturated heterocycles. The molecule has 0 saturated carbocycles. The van der Waals surface area contributed by atoms with Crippen LogP contribution in [0.15, 0.2) is 18.2 Å². The lowest BCUT2D eigenvalue weighted by Crippen LogP contribution is -2.19. The smallest absolute Gasteiger partial charge is 0.316 e. The molecule has 1 rings (SSSR count). The average molecular weight is 254 g/mol. The van der Waals surface area contributed by atoms with E-state index in [9.17, 15) is 10.1 Å². The van der Waals surface area contributed by atoms with Crippen LogP contribution in [0, 0.1) is 10.1 Å². The summed E-state index contributed by atoms with van der Waals surface area (Å²) in [5.41, 5.74) is 3.00. The number of hydrazine groups is 1. The Labute approximate surface area is 105 Å². The fourth-order valence-corrected chi connectivity index (χ4v) is 1.61. The van der Waals surface area contributed by atoms with Crippen molar-refractivity contribution in [1.29, 1.82) is 0 Å². The van der Waals surface area contributed by atoms with Crippen LogP contribution in [0.1, 0.15) is 13.3 Å². The normalized spacial score (nSPS) is 11.9. The average Bonchev–Trinajstić information content (AvgIpc) is 2.35. The van der Waals surface area contributed by atoms with E-state index in [-0.39, 0.29) is 17.4 Å². The van der Waals surface area contributed by atoms with Crippen molar-refractivity contribution in [1.82, 2.24) is 0 Å². The van der Waals surface area contributed by atoms with Gasteiger partial charge < -0.3 is 15.5 Å². The number of methoxy groups -OCH3 is 1. The molecule has 18 heavy (non-hydrogen) atoms. The second kappa shape index (κ2) is 6.77. The Morgan fingerprint density at radius 1 is 1.50 bits per heavy atom. The SMILES string of the molecule is COCCC(C)Nc1cccc(NN)c1[N+](=O)[O-]. The Kier molecular flexibility index (Phi) is 5.34. The summed E-state index contributed by atoms with van der Waals surface area (Å²) in [5.74, 6) is 5.27. The molecule has 1 atom stereocenters. The maximum Gasteiger partial charge on any atom is 0.316 e. The van der Waals surface area contributed by atoms with Gasteiger partial charge in [0.05, 0.1) is 4.92 Å². The molecule has 0 radical (unpaired) electrons. The largest absolute Gasteiger partial charge is 0.385 e. The maximum absolute atomic E-state index is 11.0. The quantitative estimate of drug-likeness (QED) is 0.389. The Balaban J connectivity index is 2.90. The number of nitrogens with zero attached hydrogens (tertiary/aromatic N) is 1. The van der Waals surface area contributed by atoms with Gasteiger partial charge in [-0.1, -0.05) is 6.07 Å². The molecule has 0 aliphatic heterocycles. The van der Waals surface area contributed by atoms with Crippen molar-refractivity contribution in [2.45, 2.75) is 19.4 Å². The first-order valence-corrected chi connectivity index (χ1v) is 5.59. The summed E-state index contributed by atoms with van der Waals surface area (Å²) < 4.78 is 4.97. The van der Waals surface area contributed by atoms with Crippen molar-refractivity contribution in [2.24, 2.45) is 5.84 Å². The molecule has 0 aromatic heterocycles. The molecule has 0 aliphatic carbocycles. The van der Waals surface area contributed by atoms with Crippen molar-refractivity contribution >= 4 is 17.1 Å². The van der Waals surface area contributed by atoms with Crippen molar-refractivity contribution in [3.63, 3.8) is 0 Å². The number of nitrogen functional groups attached to an aromatic ring is 1. The van der Waals surface area contributed by atoms with Crippen LogP contribution in [0.25, 0.3) is 0 Å². The van der Waals surface area contributed by atoms with Gasteiger partial charge in [0.15, 0.2) is 0 Å². The lowest BCUT2D eigenvalue weighted by molar-refractivity contribution is -0.383. The molecule has 0 fully saturated rings. The Morgan fingerprint density at radius 2 is 2.17 bits per heavy atom. The highest BCUT2D eigenvalue weighted by Gasteiger charge is 2.19. The predicted octanol–water partition coefficient (Wildman–Crippen LogP) is 1.72. The summed E-state index contributed by atoms with van der Waals surface area (Å²) >= 11 is 0. The van der Waals surface area contributed by atoms with Crippen LogP contribution in [0.2, 0.25) is 0 Å². The first kappa shape index (κ1) is 14.2. The minimum absolute atomic E-state index is 0.0516. The van der Waals surface area contributed by atoms with Crippen LogP contribution >= 0.6 is 0 Å². The van der Waals surface area contributed by atoms with E-state index in [0.717, 1.165) is 6.42 Å². The van der Waals surface area contributed by atoms with Gasteiger partial charge in [-0.3, -0.25) is 16.0 Å². The number of ether oxygens (including phenoxy) is 1. The molecule has 0 bridgehead atoms. The molecule has 0 aliphatic rings. The number of nitro groups is 1. The zero-order valence-electron chi connectivity index (χ0n) is 10.5. The molecule has 100 valence electrons. The molecule has 0 spiro atoms. The Morgan fingerprint density at radius 3 is 2.72 bits per heavy atom. The van der Waals surface area contributed by atoms with Crippen LogP contribution in [0.5, 0.6) is 0 Å². The summed E-state index contributed by atoms with van der Waals surface area (Å²) in [5, 5.41) is 14.1. The number of benzene rings is 1. The summed E-state index contributed by atoms with van der Waals surface area (Å²) in [6.07, 6.45) is 0.758. The monoisotopic (exact) mass is 254 g/mol. The van der Waals surface area contributed by atoms with Gasteiger partial charge in [0, 0.05) is 19.8 Å². The van der Waals surface area contributed by atoms with Gasteiger partial charge in [-0.05, 0) is 25.5 Å². The molecule has 1 aromatic carbocycles. The van der Waals surface area contributed by atoms with Crippen molar-refractivity contribution in [3.05, 3.63) is 28.3 Å². The van der Waals surface area contributed by atoms with Crippen LogP contribution in [-0.4, -0.2) is 24.7 Å². The second-order valence-corrected chi connectivity index (χ2v) is 3.93. The van der Waals surface area contributed by atoms with E-state index < -0.39 is 4.92 Å². The highest BCUT2D eigenvalue weighted by atomic mass is 16.6. The zero-order valence-corrected chi connectivity index (χ0v) is 10.5. The van der Waals surface area contributed by atoms with E-state index in [0.29, 0.717) is 12.3 Å². The lowest BCUT2D eigenvalue weighted by atomic mass is 10.2. The number of nitrogens with one attached hydrogen (secondary N) is 2. The Hall–Kier alpha value is -1.86. The van der Waals surface area contributed by atoms with Crippen molar-refractivity contribution < 1.29 is 9.66 Å². The van der Waals surface area contributed by atoms with Gasteiger partial charge in [-0.2, -0.15) is 0 Å². The fraction of sp³-hybridized carbons (Fsp3) is 0.455. The van der Waals surface area contributed by atoms with Gasteiger partial charge >= 0.3 is 5.69 Å². The number of anilines is 2. The molecule has 1 unspecified atom stereocenters. The van der Waals surface area contributed by atoms with Gasteiger partial charge in [-0.25, -0.2) is 0 Å². The van der Waals surface area contributed by atoms with Crippen LogP contribution in [0.4, 0.5) is 17.1 Å². The van der Waals surface area contributed by atoms with Crippen LogP contribution in [-0.2, 0) is 4.74 Å². The topological polar surface area (TPSA) is 102 Å². The summed E-state index contributed by atoms with van der Waals surface area (Å²) in [6, 6.07) is 4.98. The summed E-state index contributed by atoms with van der Waals surface area (Å²) in [4.78, 5) is 10.6. The summed E-state index contributed by atoms with van der Waals surface area (Å²) in [7, 11) is 1.62. The van der Waals surface area contributed by atoms with E-state index in [4.69, 9.17) is 10.6 Å². The second-order valence-electron chi connectivity index (χ2n) is 3.93. The third kappa shape index (κ3) is 3.57. The molecule has 7 nitrogen and oxygen atoms in total. The van der Waals surface area contributed by atoms with Gasteiger partial charge in [0.2, 0.25) is 0 Å². The minimum atomic E-state index is -0.458. The third-order valence-electron chi connectivity index (χ3n) is 2.53. The molecule has 1 aromatic rings. The van der Waals surface area contributed by atoms with E-state index in [2.05, 4.69) is 10.7 Å².